The first-order valence-corrected chi connectivity index (χ1v) is 48.8. The van der Waals surface area contributed by atoms with Crippen LogP contribution in [0.15, 0.2) is 343 Å². The summed E-state index contributed by atoms with van der Waals surface area (Å²) in [6.07, 6.45) is 77.5. The molecule has 0 aliphatic carbocycles. The van der Waals surface area contributed by atoms with E-state index < -0.39 is 0 Å². The van der Waals surface area contributed by atoms with Crippen LogP contribution in [0.1, 0.15) is 300 Å². The van der Waals surface area contributed by atoms with Gasteiger partial charge in [0.25, 0.3) is 0 Å². The van der Waals surface area contributed by atoms with Crippen LogP contribution < -0.4 is 0 Å². The Kier molecular flexibility index (Phi) is 152. The van der Waals surface area contributed by atoms with Crippen LogP contribution in [0.2, 0.25) is 0 Å². The Morgan fingerprint density at radius 1 is 0.190 bits per heavy atom. The quantitative estimate of drug-likeness (QED) is 0.0171. The highest BCUT2D eigenvalue weighted by molar-refractivity contribution is 8.77. The van der Waals surface area contributed by atoms with E-state index in [2.05, 4.69) is 348 Å². The lowest BCUT2D eigenvalue weighted by Gasteiger charge is -1.88. The second kappa shape index (κ2) is 137. The molecule has 4 heteroatoms. The molecular weight excluding hydrogens is 1470 g/mol. The Labute approximate surface area is 740 Å². The molecule has 116 heavy (non-hydrogen) atoms. The lowest BCUT2D eigenvalue weighted by atomic mass is 10.2. The molecule has 0 saturated carbocycles. The van der Waals surface area contributed by atoms with Gasteiger partial charge >= 0.3 is 0 Å². The van der Waals surface area contributed by atoms with Crippen molar-refractivity contribution in [3.8, 4) is 0 Å². The summed E-state index contributed by atoms with van der Waals surface area (Å²) in [5, 5.41) is 0. The van der Waals surface area contributed by atoms with Gasteiger partial charge < -0.3 is 0 Å². The smallest absolute Gasteiger partial charge is 0.000844 e. The number of hydrogen-bond acceptors (Lipinski definition) is 4. The van der Waals surface area contributed by atoms with E-state index in [1.165, 1.54) is 159 Å². The molecule has 0 aliphatic rings. The predicted octanol–water partition coefficient (Wildman–Crippen LogP) is 40.4. The van der Waals surface area contributed by atoms with E-state index in [9.17, 15) is 0 Å². The molecule has 0 bridgehead atoms. The minimum Gasteiger partial charge on any atom is -0.103 e. The minimum atomic E-state index is 1.08. The van der Waals surface area contributed by atoms with Crippen molar-refractivity contribution in [3.05, 3.63) is 376 Å². The van der Waals surface area contributed by atoms with Crippen molar-refractivity contribution in [1.29, 1.82) is 0 Å². The number of hydrogen-bond donors (Lipinski definition) is 0. The average molecular weight is 1650 g/mol. The topological polar surface area (TPSA) is 0 Å². The Hall–Kier alpha value is -7.44. The van der Waals surface area contributed by atoms with Gasteiger partial charge in [-0.25, -0.2) is 0 Å². The lowest BCUT2D eigenvalue weighted by Crippen LogP contribution is -1.66. The molecule has 6 aromatic rings. The first-order valence-electron chi connectivity index (χ1n) is 43.8. The maximum atomic E-state index is 3.59. The monoisotopic (exact) mass is 1650 g/mol. The first kappa shape index (κ1) is 129. The summed E-state index contributed by atoms with van der Waals surface area (Å²) in [6, 6.07) is 61.3. The van der Waals surface area contributed by atoms with Gasteiger partial charge in [0.15, 0.2) is 0 Å². The van der Waals surface area contributed by atoms with Crippen LogP contribution in [0.4, 0.5) is 0 Å². The highest BCUT2D eigenvalue weighted by atomic mass is 33.1. The van der Waals surface area contributed by atoms with E-state index in [-0.39, 0.29) is 0 Å². The van der Waals surface area contributed by atoms with Gasteiger partial charge in [-0.15, -0.1) is 13.2 Å². The summed E-state index contributed by atoms with van der Waals surface area (Å²) in [5.74, 6) is 4.94. The Morgan fingerprint density at radius 3 is 0.431 bits per heavy atom. The van der Waals surface area contributed by atoms with E-state index in [4.69, 9.17) is 0 Å². The highest BCUT2D eigenvalue weighted by Gasteiger charge is 1.85. The molecule has 0 unspecified atom stereocenters. The third-order valence-electron chi connectivity index (χ3n) is 13.3. The van der Waals surface area contributed by atoms with Gasteiger partial charge in [0.05, 0.1) is 0 Å². The molecule has 0 aliphatic heterocycles. The maximum Gasteiger partial charge on any atom is 0.000844 e. The van der Waals surface area contributed by atoms with Crippen molar-refractivity contribution in [2.24, 2.45) is 0 Å². The molecule has 0 amide bonds. The van der Waals surface area contributed by atoms with Crippen LogP contribution in [0.5, 0.6) is 0 Å². The van der Waals surface area contributed by atoms with Crippen molar-refractivity contribution in [1.82, 2.24) is 0 Å². The summed E-state index contributed by atoms with van der Waals surface area (Å²) < 4.78 is 0. The van der Waals surface area contributed by atoms with Gasteiger partial charge in [-0.2, -0.15) is 0 Å². The summed E-state index contributed by atoms with van der Waals surface area (Å²) in [4.78, 5) is 0. The minimum absolute atomic E-state index is 1.08. The molecular formula is C112H176S4. The average Bonchev–Trinajstić information content (AvgIpc) is 1.01. The Balaban J connectivity index is -0.000000130. The molecule has 0 nitrogen and oxygen atoms in total. The molecule has 0 radical (unpaired) electrons. The van der Waals surface area contributed by atoms with E-state index in [0.29, 0.717) is 0 Å². The Morgan fingerprint density at radius 2 is 0.328 bits per heavy atom. The van der Waals surface area contributed by atoms with Crippen LogP contribution in [0, 0.1) is 0 Å². The van der Waals surface area contributed by atoms with Crippen LogP contribution in [0.25, 0.3) is 36.5 Å². The van der Waals surface area contributed by atoms with E-state index >= 15 is 0 Å². The molecule has 0 N–H and O–H groups in total. The molecule has 0 spiro atoms. The summed E-state index contributed by atoms with van der Waals surface area (Å²) in [7, 11) is 7.70. The van der Waals surface area contributed by atoms with Gasteiger partial charge in [-0.3, -0.25) is 0 Å². The standard InChI is InChI=1S/2C10H12.4C10H10.2C6H14.4C6H12.2C4H10S2.2C4H8/c6*1-2-3-7-10-8-5-4-6-9-10;8*1-3-5-6-4-2;2*1-3-4-2/h2*3-9H,2H2,1H3;4*2-9H,1H2;2*3-6H2,1-2H3;4*5-6H,3-4H2,1-2H3;2*3-4H2,1-2H3;2*3H,1,4H2,2H3/b6*7-3+;;;;;;;;;;. The number of benzene rings is 6. The van der Waals surface area contributed by atoms with Crippen LogP contribution in [0.3, 0.4) is 0 Å². The third kappa shape index (κ3) is 145. The zero-order valence-electron chi connectivity index (χ0n) is 78.2. The molecule has 0 fully saturated rings. The van der Waals surface area contributed by atoms with Gasteiger partial charge in [-0.05, 0) is 110 Å². The molecule has 6 aromatic carbocycles. The first-order chi connectivity index (χ1) is 56.7. The van der Waals surface area contributed by atoms with Crippen molar-refractivity contribution in [2.45, 2.75) is 267 Å². The second-order valence-electron chi connectivity index (χ2n) is 24.1. The summed E-state index contributed by atoms with van der Waals surface area (Å²) in [6.45, 7) is 64.5. The number of rotatable bonds is 34. The van der Waals surface area contributed by atoms with E-state index in [1.807, 2.05) is 189 Å². The van der Waals surface area contributed by atoms with E-state index in [0.717, 1.165) is 25.7 Å². The highest BCUT2D eigenvalue weighted by Crippen LogP contribution is 2.19. The molecule has 0 heterocycles. The van der Waals surface area contributed by atoms with Gasteiger partial charge in [0.2, 0.25) is 0 Å². The van der Waals surface area contributed by atoms with Crippen molar-refractivity contribution in [3.63, 3.8) is 0 Å². The zero-order chi connectivity index (χ0) is 88.9. The fraction of sp³-hybridized carbons (Fsp3) is 0.393. The SMILES string of the molecule is C=C/C=C/c1ccccc1.C=C/C=C/c1ccccc1.C=C/C=C/c1ccccc1.C=C/C=C/c1ccccc1.C=CCC.C=CCC.CC/C=C/c1ccccc1.CC/C=C/c1ccccc1.CCC=CCC.CCC=CCC.CCC=CCC.CCC=CCC.CCCCCC.CCCCCC.CCSSCC.CCSSCC. The number of unbranched alkanes of at least 4 members (excludes halogenated alkanes) is 6. The molecule has 0 aromatic heterocycles. The largest absolute Gasteiger partial charge is 0.103 e. The van der Waals surface area contributed by atoms with Crippen LogP contribution in [-0.2, 0) is 0 Å². The van der Waals surface area contributed by atoms with Gasteiger partial charge in [0, 0.05) is 23.0 Å². The van der Waals surface area contributed by atoms with Gasteiger partial charge in [0.1, 0.15) is 0 Å². The molecule has 648 valence electrons. The van der Waals surface area contributed by atoms with Crippen molar-refractivity contribution in [2.75, 3.05) is 23.0 Å². The zero-order valence-corrected chi connectivity index (χ0v) is 81.4. The van der Waals surface area contributed by atoms with Crippen molar-refractivity contribution < 1.29 is 0 Å². The predicted molar refractivity (Wildman–Crippen MR) is 566 cm³/mol. The van der Waals surface area contributed by atoms with Crippen LogP contribution >= 0.6 is 43.2 Å². The molecule has 0 atom stereocenters. The fourth-order valence-electron chi connectivity index (χ4n) is 7.28. The summed E-state index contributed by atoms with van der Waals surface area (Å²) in [5.41, 5.74) is 7.41. The molecule has 6 rings (SSSR count). The lowest BCUT2D eigenvalue weighted by molar-refractivity contribution is 0.702. The van der Waals surface area contributed by atoms with Gasteiger partial charge in [-0.1, -0.05) is 599 Å². The summed E-state index contributed by atoms with van der Waals surface area (Å²) >= 11 is 0. The second-order valence-corrected chi connectivity index (χ2v) is 30.1. The normalized spacial score (nSPS) is 9.69. The maximum absolute atomic E-state index is 3.59. The van der Waals surface area contributed by atoms with E-state index in [1.54, 1.807) is 24.3 Å². The van der Waals surface area contributed by atoms with Crippen LogP contribution in [-0.4, -0.2) is 23.0 Å². The number of allylic oxidation sites excluding steroid dienone is 20. The molecule has 0 saturated heterocycles. The third-order valence-corrected chi connectivity index (χ3v) is 18.4. The Bertz CT molecular complexity index is 2610. The van der Waals surface area contributed by atoms with Crippen molar-refractivity contribution >= 4 is 79.6 Å². The fourth-order valence-corrected chi connectivity index (χ4v) is 9.94.